The summed E-state index contributed by atoms with van der Waals surface area (Å²) < 4.78 is 0.813. The number of rotatable bonds is 1. The molecule has 0 aromatic heterocycles. The molecule has 1 N–H and O–H groups in total. The van der Waals surface area contributed by atoms with Gasteiger partial charge in [0.1, 0.15) is 5.54 Å². The molecule has 0 aliphatic carbocycles. The quantitative estimate of drug-likeness (QED) is 0.572. The van der Waals surface area contributed by atoms with Crippen LogP contribution in [0.25, 0.3) is 0 Å². The fraction of sp³-hybridized carbons (Fsp3) is 0.318. The van der Waals surface area contributed by atoms with Crippen molar-refractivity contribution in [3.05, 3.63) is 56.5 Å². The maximum Gasteiger partial charge on any atom is 0.250 e. The Morgan fingerprint density at radius 1 is 1.06 bits per heavy atom. The Balaban J connectivity index is 1.58. The van der Waals surface area contributed by atoms with Gasteiger partial charge in [-0.05, 0) is 55.8 Å². The van der Waals surface area contributed by atoms with E-state index >= 15 is 0 Å². The van der Waals surface area contributed by atoms with Crippen LogP contribution in [0.15, 0.2) is 40.9 Å². The van der Waals surface area contributed by atoms with E-state index in [-0.39, 0.29) is 28.6 Å². The van der Waals surface area contributed by atoms with E-state index in [9.17, 15) is 14.4 Å². The number of hydrogen-bond donors (Lipinski definition) is 1. The lowest BCUT2D eigenvalue weighted by atomic mass is 9.75. The number of amides is 3. The van der Waals surface area contributed by atoms with E-state index in [0.29, 0.717) is 17.3 Å². The van der Waals surface area contributed by atoms with Gasteiger partial charge in [0.15, 0.2) is 0 Å². The molecule has 4 heterocycles. The lowest BCUT2D eigenvalue weighted by Crippen LogP contribution is -2.54. The second-order valence-electron chi connectivity index (χ2n) is 8.42. The van der Waals surface area contributed by atoms with E-state index in [2.05, 4.69) is 26.1 Å². The van der Waals surface area contributed by atoms with E-state index in [0.717, 1.165) is 27.8 Å². The highest BCUT2D eigenvalue weighted by molar-refractivity contribution is 9.10. The summed E-state index contributed by atoms with van der Waals surface area (Å²) in [6.07, 6.45) is 1.63. The third-order valence-corrected chi connectivity index (χ3v) is 8.15. The Hall–Kier alpha value is -1.93. The molecule has 1 spiro atoms. The smallest absolute Gasteiger partial charge is 0.250 e. The average molecular weight is 521 g/mol. The molecule has 0 saturated carbocycles. The van der Waals surface area contributed by atoms with E-state index in [1.54, 1.807) is 12.1 Å². The number of carbonyl (C=O) groups excluding carboxylic acids is 3. The first-order valence-electron chi connectivity index (χ1n) is 10.1. The van der Waals surface area contributed by atoms with Crippen LogP contribution in [0.1, 0.15) is 18.4 Å². The number of carbonyl (C=O) groups is 3. The van der Waals surface area contributed by atoms with Gasteiger partial charge in [0, 0.05) is 26.8 Å². The minimum Gasteiger partial charge on any atom is -0.324 e. The number of nitrogens with one attached hydrogen (secondary N) is 1. The van der Waals surface area contributed by atoms with Crippen molar-refractivity contribution < 1.29 is 14.4 Å². The van der Waals surface area contributed by atoms with Crippen LogP contribution in [-0.4, -0.2) is 35.2 Å². The summed E-state index contributed by atoms with van der Waals surface area (Å²) in [4.78, 5) is 44.3. The molecule has 3 saturated heterocycles. The van der Waals surface area contributed by atoms with Gasteiger partial charge in [-0.3, -0.25) is 19.3 Å². The van der Waals surface area contributed by atoms with Crippen LogP contribution in [-0.2, 0) is 19.9 Å². The molecule has 4 atom stereocenters. The van der Waals surface area contributed by atoms with Crippen molar-refractivity contribution in [1.82, 2.24) is 4.90 Å². The molecule has 9 heteroatoms. The number of nitrogens with zero attached hydrogens (tertiary/aromatic N) is 2. The third-order valence-electron chi connectivity index (χ3n) is 7.10. The Kier molecular flexibility index (Phi) is 4.16. The van der Waals surface area contributed by atoms with Gasteiger partial charge in [-0.25, -0.2) is 4.90 Å². The lowest BCUT2D eigenvalue weighted by molar-refractivity contribution is -0.135. The standard InChI is InChI=1S/C22H16BrCl2N3O3/c23-10-3-6-14-12(8-10)22(21(31)26-14)18-17(15-2-1-7-27(15)22)19(29)28(20(18)30)16-9-11(24)4-5-13(16)25/h3-6,8-9,15,17-18H,1-2,7H2,(H,26,31)/t15-,17-,18+,22-/m1/s1. The maximum atomic E-state index is 13.9. The van der Waals surface area contributed by atoms with Gasteiger partial charge in [-0.1, -0.05) is 39.1 Å². The van der Waals surface area contributed by atoms with Gasteiger partial charge >= 0.3 is 0 Å². The molecule has 0 radical (unpaired) electrons. The summed E-state index contributed by atoms with van der Waals surface area (Å²) in [5.41, 5.74) is 0.480. The summed E-state index contributed by atoms with van der Waals surface area (Å²) in [7, 11) is 0. The summed E-state index contributed by atoms with van der Waals surface area (Å²) in [5, 5.41) is 3.61. The molecule has 3 amide bonds. The maximum absolute atomic E-state index is 13.9. The summed E-state index contributed by atoms with van der Waals surface area (Å²) >= 11 is 16.0. The number of fused-ring (bicyclic) bond motifs is 7. The SMILES string of the molecule is O=C1[C@@H]2[C@H]3CCCN3[C@@]3(C(=O)Nc4ccc(Br)cc43)[C@@H]2C(=O)N1c1cc(Cl)ccc1Cl. The van der Waals surface area contributed by atoms with Crippen LogP contribution in [0.4, 0.5) is 11.4 Å². The molecule has 2 aromatic rings. The Morgan fingerprint density at radius 3 is 2.68 bits per heavy atom. The molecule has 6 nitrogen and oxygen atoms in total. The van der Waals surface area contributed by atoms with Gasteiger partial charge in [0.25, 0.3) is 0 Å². The first kappa shape index (κ1) is 19.7. The second-order valence-corrected chi connectivity index (χ2v) is 10.2. The minimum atomic E-state index is -1.21. The molecule has 158 valence electrons. The van der Waals surface area contributed by atoms with Crippen molar-refractivity contribution in [1.29, 1.82) is 0 Å². The zero-order valence-corrected chi connectivity index (χ0v) is 19.2. The van der Waals surface area contributed by atoms with Crippen LogP contribution in [0.3, 0.4) is 0 Å². The molecular weight excluding hydrogens is 505 g/mol. The highest BCUT2D eigenvalue weighted by Gasteiger charge is 2.74. The van der Waals surface area contributed by atoms with Crippen LogP contribution < -0.4 is 10.2 Å². The molecule has 6 rings (SSSR count). The number of hydrogen-bond acceptors (Lipinski definition) is 4. The van der Waals surface area contributed by atoms with Gasteiger partial charge < -0.3 is 5.32 Å². The fourth-order valence-electron chi connectivity index (χ4n) is 6.07. The van der Waals surface area contributed by atoms with Crippen LogP contribution in [0.5, 0.6) is 0 Å². The third kappa shape index (κ3) is 2.35. The molecule has 3 fully saturated rings. The molecule has 31 heavy (non-hydrogen) atoms. The fourth-order valence-corrected chi connectivity index (χ4v) is 6.80. The first-order valence-corrected chi connectivity index (χ1v) is 11.6. The highest BCUT2D eigenvalue weighted by Crippen LogP contribution is 2.61. The van der Waals surface area contributed by atoms with E-state index < -0.39 is 23.3 Å². The molecule has 4 aliphatic rings. The van der Waals surface area contributed by atoms with Crippen molar-refractivity contribution in [2.24, 2.45) is 11.8 Å². The zero-order chi connectivity index (χ0) is 21.7. The van der Waals surface area contributed by atoms with Gasteiger partial charge in [0.2, 0.25) is 17.7 Å². The predicted molar refractivity (Wildman–Crippen MR) is 120 cm³/mol. The van der Waals surface area contributed by atoms with Gasteiger partial charge in [0.05, 0.1) is 22.5 Å². The van der Waals surface area contributed by atoms with Gasteiger partial charge in [-0.15, -0.1) is 0 Å². The van der Waals surface area contributed by atoms with E-state index in [4.69, 9.17) is 23.2 Å². The Labute approximate surface area is 196 Å². The van der Waals surface area contributed by atoms with Crippen molar-refractivity contribution in [2.45, 2.75) is 24.4 Å². The second kappa shape index (κ2) is 6.54. The van der Waals surface area contributed by atoms with Crippen molar-refractivity contribution >= 4 is 68.2 Å². The number of imide groups is 1. The van der Waals surface area contributed by atoms with E-state index in [1.807, 2.05) is 18.2 Å². The van der Waals surface area contributed by atoms with Crippen molar-refractivity contribution in [2.75, 3.05) is 16.8 Å². The van der Waals surface area contributed by atoms with Crippen molar-refractivity contribution in [3.63, 3.8) is 0 Å². The van der Waals surface area contributed by atoms with Crippen LogP contribution in [0.2, 0.25) is 10.0 Å². The number of anilines is 2. The van der Waals surface area contributed by atoms with Crippen LogP contribution >= 0.6 is 39.1 Å². The van der Waals surface area contributed by atoms with Crippen LogP contribution in [0, 0.1) is 11.8 Å². The number of benzene rings is 2. The molecular formula is C22H16BrCl2N3O3. The lowest BCUT2D eigenvalue weighted by Gasteiger charge is -2.36. The highest BCUT2D eigenvalue weighted by atomic mass is 79.9. The normalized spacial score (nSPS) is 31.4. The van der Waals surface area contributed by atoms with Crippen molar-refractivity contribution in [3.8, 4) is 0 Å². The average Bonchev–Trinajstić information content (AvgIpc) is 3.43. The monoisotopic (exact) mass is 519 g/mol. The Morgan fingerprint density at radius 2 is 1.87 bits per heavy atom. The summed E-state index contributed by atoms with van der Waals surface area (Å²) in [6.45, 7) is 0.662. The predicted octanol–water partition coefficient (Wildman–Crippen LogP) is 4.19. The topological polar surface area (TPSA) is 69.7 Å². The largest absolute Gasteiger partial charge is 0.324 e. The molecule has 0 bridgehead atoms. The zero-order valence-electron chi connectivity index (χ0n) is 16.1. The molecule has 2 aromatic carbocycles. The Bertz CT molecular complexity index is 1200. The summed E-state index contributed by atoms with van der Waals surface area (Å²) in [5.74, 6) is -2.41. The first-order chi connectivity index (χ1) is 14.9. The van der Waals surface area contributed by atoms with Gasteiger partial charge in [-0.2, -0.15) is 0 Å². The molecule has 0 unspecified atom stereocenters. The van der Waals surface area contributed by atoms with E-state index in [1.165, 1.54) is 6.07 Å². The molecule has 4 aliphatic heterocycles. The minimum absolute atomic E-state index is 0.180. The summed E-state index contributed by atoms with van der Waals surface area (Å²) in [6, 6.07) is 10.1. The number of halogens is 3.